The van der Waals surface area contributed by atoms with E-state index >= 15 is 0 Å². The van der Waals surface area contributed by atoms with Gasteiger partial charge < -0.3 is 20.3 Å². The minimum absolute atomic E-state index is 0.0830. The molecule has 2 N–H and O–H groups in total. The van der Waals surface area contributed by atoms with Gasteiger partial charge in [0.25, 0.3) is 0 Å². The van der Waals surface area contributed by atoms with Crippen molar-refractivity contribution in [2.24, 2.45) is 11.8 Å². The maximum atomic E-state index is 14.2. The molecule has 3 amide bonds. The Labute approximate surface area is 240 Å². The van der Waals surface area contributed by atoms with Crippen LogP contribution in [0.5, 0.6) is 0 Å². The molecule has 4 aliphatic rings. The van der Waals surface area contributed by atoms with Gasteiger partial charge in [0.15, 0.2) is 0 Å². The number of likely N-dealkylation sites (tertiary alicyclic amines) is 1. The highest BCUT2D eigenvalue weighted by atomic mass is 35.5. The van der Waals surface area contributed by atoms with E-state index in [0.29, 0.717) is 16.6 Å². The topological polar surface area (TPSA) is 87.7 Å². The van der Waals surface area contributed by atoms with Crippen LogP contribution in [0.3, 0.4) is 0 Å². The van der Waals surface area contributed by atoms with E-state index in [4.69, 9.17) is 16.3 Å². The van der Waals surface area contributed by atoms with E-state index in [-0.39, 0.29) is 30.3 Å². The Bertz CT molecular complexity index is 1320. The summed E-state index contributed by atoms with van der Waals surface area (Å²) in [5.41, 5.74) is 1.52. The molecule has 1 saturated carbocycles. The van der Waals surface area contributed by atoms with Gasteiger partial charge in [-0.1, -0.05) is 81.1 Å². The summed E-state index contributed by atoms with van der Waals surface area (Å²) in [4.78, 5) is 43.4. The largest absolute Gasteiger partial charge is 0.359 e. The van der Waals surface area contributed by atoms with Crippen LogP contribution in [0.1, 0.15) is 63.0 Å². The number of amides is 3. The molecule has 2 saturated heterocycles. The number of carbonyl (C=O) groups excluding carboxylic acids is 3. The molecule has 40 heavy (non-hydrogen) atoms. The lowest BCUT2D eigenvalue weighted by atomic mass is 9.74. The Hall–Kier alpha value is -3.16. The van der Waals surface area contributed by atoms with Gasteiger partial charge in [-0.3, -0.25) is 14.4 Å². The number of carbonyl (C=O) groups is 3. The highest BCUT2D eigenvalue weighted by Gasteiger charge is 2.72. The molecule has 6 rings (SSSR count). The number of nitrogens with zero attached hydrogens (tertiary/aromatic N) is 1. The number of benzene rings is 2. The standard InChI is InChI=1S/C32H36ClN3O4/c1-19(2)21-10-14-24(15-11-21)34-29(37)26-25-16-17-32(40-25)27(26)31(39)36(18-20-8-12-22(33)13-9-20)28(32)30(38)35-23-6-4-3-5-7-23/h8-17,19,23,25-28H,3-7,18H2,1-2H3,(H,34,37)(H,35,38)/t25-,26-,27-,28+,32-/m1/s1. The van der Waals surface area contributed by atoms with Gasteiger partial charge in [-0.15, -0.1) is 0 Å². The molecule has 3 heterocycles. The van der Waals surface area contributed by atoms with Crippen LogP contribution in [0.2, 0.25) is 5.02 Å². The minimum atomic E-state index is -1.18. The second-order valence-corrected chi connectivity index (χ2v) is 12.3. The Morgan fingerprint density at radius 1 is 1.02 bits per heavy atom. The average Bonchev–Trinajstić information content (AvgIpc) is 3.58. The van der Waals surface area contributed by atoms with Crippen molar-refractivity contribution in [2.75, 3.05) is 5.32 Å². The maximum absolute atomic E-state index is 14.2. The van der Waals surface area contributed by atoms with E-state index in [2.05, 4.69) is 24.5 Å². The van der Waals surface area contributed by atoms with E-state index in [0.717, 1.165) is 31.2 Å². The van der Waals surface area contributed by atoms with Crippen molar-refractivity contribution >= 4 is 35.0 Å². The Balaban J connectivity index is 1.30. The van der Waals surface area contributed by atoms with Crippen LogP contribution < -0.4 is 10.6 Å². The zero-order valence-corrected chi connectivity index (χ0v) is 23.7. The van der Waals surface area contributed by atoms with Crippen molar-refractivity contribution in [3.8, 4) is 0 Å². The van der Waals surface area contributed by atoms with Crippen molar-refractivity contribution in [3.63, 3.8) is 0 Å². The summed E-state index contributed by atoms with van der Waals surface area (Å²) < 4.78 is 6.47. The van der Waals surface area contributed by atoms with Crippen LogP contribution in [-0.2, 0) is 25.7 Å². The third-order valence-corrected chi connectivity index (χ3v) is 9.24. The van der Waals surface area contributed by atoms with Gasteiger partial charge in [-0.05, 0) is 54.2 Å². The predicted molar refractivity (Wildman–Crippen MR) is 154 cm³/mol. The highest BCUT2D eigenvalue weighted by molar-refractivity contribution is 6.30. The van der Waals surface area contributed by atoms with Crippen molar-refractivity contribution < 1.29 is 19.1 Å². The number of rotatable bonds is 7. The first kappa shape index (κ1) is 27.0. The molecule has 0 radical (unpaired) electrons. The highest BCUT2D eigenvalue weighted by Crippen LogP contribution is 2.55. The second kappa shape index (κ2) is 10.7. The van der Waals surface area contributed by atoms with E-state index in [1.165, 1.54) is 12.0 Å². The SMILES string of the molecule is CC(C)c1ccc(NC(=O)[C@@H]2[C@H]3C=C[C@]4(O3)[C@H](C(=O)NC3CCCCC3)N(Cc3ccc(Cl)cc3)C(=O)[C@@H]24)cc1. The van der Waals surface area contributed by atoms with Crippen molar-refractivity contribution in [2.45, 2.75) is 82.2 Å². The molecule has 7 nitrogen and oxygen atoms in total. The molecular weight excluding hydrogens is 526 g/mol. The summed E-state index contributed by atoms with van der Waals surface area (Å²) in [6.45, 7) is 4.46. The van der Waals surface area contributed by atoms with Gasteiger partial charge in [0, 0.05) is 23.3 Å². The van der Waals surface area contributed by atoms with Gasteiger partial charge >= 0.3 is 0 Å². The molecular formula is C32H36ClN3O4. The Morgan fingerprint density at radius 3 is 2.40 bits per heavy atom. The van der Waals surface area contributed by atoms with Crippen LogP contribution in [0.15, 0.2) is 60.7 Å². The molecule has 0 aromatic heterocycles. The summed E-state index contributed by atoms with van der Waals surface area (Å²) in [5.74, 6) is -1.86. The first-order valence-corrected chi connectivity index (χ1v) is 14.8. The quantitative estimate of drug-likeness (QED) is 0.455. The zero-order chi connectivity index (χ0) is 28.0. The lowest BCUT2D eigenvalue weighted by molar-refractivity contribution is -0.142. The molecule has 1 aliphatic carbocycles. The van der Waals surface area contributed by atoms with Crippen molar-refractivity contribution in [1.82, 2.24) is 10.2 Å². The molecule has 1 spiro atoms. The summed E-state index contributed by atoms with van der Waals surface area (Å²) in [5, 5.41) is 6.83. The number of halogens is 1. The first-order valence-electron chi connectivity index (χ1n) is 14.4. The summed E-state index contributed by atoms with van der Waals surface area (Å²) in [6, 6.07) is 14.2. The summed E-state index contributed by atoms with van der Waals surface area (Å²) in [6.07, 6.45) is 8.34. The number of anilines is 1. The monoisotopic (exact) mass is 561 g/mol. The summed E-state index contributed by atoms with van der Waals surface area (Å²) in [7, 11) is 0. The maximum Gasteiger partial charge on any atom is 0.246 e. The Morgan fingerprint density at radius 2 is 1.73 bits per heavy atom. The second-order valence-electron chi connectivity index (χ2n) is 11.9. The number of ether oxygens (including phenoxy) is 1. The molecule has 5 atom stereocenters. The van der Waals surface area contributed by atoms with Gasteiger partial charge in [-0.25, -0.2) is 0 Å². The fraction of sp³-hybridized carbons (Fsp3) is 0.469. The molecule has 2 aromatic carbocycles. The number of hydrogen-bond donors (Lipinski definition) is 2. The summed E-state index contributed by atoms with van der Waals surface area (Å²) >= 11 is 6.10. The molecule has 3 fully saturated rings. The number of hydrogen-bond acceptors (Lipinski definition) is 4. The first-order chi connectivity index (χ1) is 19.3. The van der Waals surface area contributed by atoms with Gasteiger partial charge in [-0.2, -0.15) is 0 Å². The van der Waals surface area contributed by atoms with Crippen LogP contribution in [-0.4, -0.2) is 46.4 Å². The minimum Gasteiger partial charge on any atom is -0.359 e. The van der Waals surface area contributed by atoms with E-state index in [1.54, 1.807) is 17.0 Å². The lowest BCUT2D eigenvalue weighted by Gasteiger charge is -2.34. The average molecular weight is 562 g/mol. The fourth-order valence-corrected chi connectivity index (χ4v) is 7.05. The number of fused-ring (bicyclic) bond motifs is 1. The smallest absolute Gasteiger partial charge is 0.246 e. The zero-order valence-electron chi connectivity index (χ0n) is 22.9. The van der Waals surface area contributed by atoms with Crippen LogP contribution in [0.4, 0.5) is 5.69 Å². The van der Waals surface area contributed by atoms with Crippen LogP contribution >= 0.6 is 11.6 Å². The van der Waals surface area contributed by atoms with E-state index in [9.17, 15) is 14.4 Å². The van der Waals surface area contributed by atoms with Crippen molar-refractivity contribution in [1.29, 1.82) is 0 Å². The van der Waals surface area contributed by atoms with E-state index < -0.39 is 29.6 Å². The Kier molecular flexibility index (Phi) is 7.21. The third-order valence-electron chi connectivity index (χ3n) is 8.99. The van der Waals surface area contributed by atoms with Crippen LogP contribution in [0, 0.1) is 11.8 Å². The van der Waals surface area contributed by atoms with E-state index in [1.807, 2.05) is 48.6 Å². The van der Waals surface area contributed by atoms with Crippen molar-refractivity contribution in [3.05, 3.63) is 76.8 Å². The van der Waals surface area contributed by atoms with Crippen LogP contribution in [0.25, 0.3) is 0 Å². The third kappa shape index (κ3) is 4.73. The normalized spacial score (nSPS) is 29.2. The molecule has 0 unspecified atom stereocenters. The number of nitrogens with one attached hydrogen (secondary N) is 2. The predicted octanol–water partition coefficient (Wildman–Crippen LogP) is 5.20. The molecule has 2 bridgehead atoms. The molecule has 210 valence electrons. The molecule has 8 heteroatoms. The molecule has 2 aromatic rings. The molecule has 3 aliphatic heterocycles. The van der Waals surface area contributed by atoms with Gasteiger partial charge in [0.05, 0.1) is 17.9 Å². The fourth-order valence-electron chi connectivity index (χ4n) is 6.93. The van der Waals surface area contributed by atoms with Gasteiger partial charge in [0.2, 0.25) is 17.7 Å². The lowest BCUT2D eigenvalue weighted by Crippen LogP contribution is -2.56. The van der Waals surface area contributed by atoms with Gasteiger partial charge in [0.1, 0.15) is 11.6 Å².